The maximum absolute atomic E-state index is 13.7. The normalized spacial score (nSPS) is 11.0. The fourth-order valence-electron chi connectivity index (χ4n) is 1.37. The zero-order valence-electron chi connectivity index (χ0n) is 9.59. The number of hydrogen-bond acceptors (Lipinski definition) is 1. The van der Waals surface area contributed by atoms with Crippen LogP contribution in [-0.4, -0.2) is 0 Å². The SMILES string of the molecule is Fc1cc(Sc2cc(F)c(F)c(Cl)c2F)c(F)c(Cl)c1F. The first-order valence-corrected chi connectivity index (χ1v) is 6.65. The van der Waals surface area contributed by atoms with Gasteiger partial charge in [-0.1, -0.05) is 35.0 Å². The van der Waals surface area contributed by atoms with Crippen molar-refractivity contribution < 1.29 is 26.3 Å². The molecule has 0 aliphatic carbocycles. The summed E-state index contributed by atoms with van der Waals surface area (Å²) in [5.74, 6) is -8.89. The van der Waals surface area contributed by atoms with E-state index in [1.54, 1.807) is 0 Å². The molecule has 21 heavy (non-hydrogen) atoms. The minimum absolute atomic E-state index is 0.183. The van der Waals surface area contributed by atoms with E-state index in [2.05, 4.69) is 0 Å². The molecule has 2 rings (SSSR count). The van der Waals surface area contributed by atoms with Crippen LogP contribution in [0.2, 0.25) is 10.0 Å². The fraction of sp³-hybridized carbons (Fsp3) is 0. The Balaban J connectivity index is 2.54. The van der Waals surface area contributed by atoms with Crippen molar-refractivity contribution in [2.45, 2.75) is 9.79 Å². The van der Waals surface area contributed by atoms with Gasteiger partial charge in [0.1, 0.15) is 10.0 Å². The van der Waals surface area contributed by atoms with Crippen LogP contribution in [-0.2, 0) is 0 Å². The van der Waals surface area contributed by atoms with Crippen LogP contribution in [0.5, 0.6) is 0 Å². The largest absolute Gasteiger partial charge is 0.204 e. The molecule has 0 unspecified atom stereocenters. The molecule has 0 aliphatic heterocycles. The third-order valence-electron chi connectivity index (χ3n) is 2.36. The molecular formula is C12H2Cl2F6S. The minimum Gasteiger partial charge on any atom is -0.204 e. The first-order chi connectivity index (χ1) is 9.73. The van der Waals surface area contributed by atoms with Gasteiger partial charge in [-0.3, -0.25) is 0 Å². The molecule has 0 aromatic heterocycles. The summed E-state index contributed by atoms with van der Waals surface area (Å²) in [6.07, 6.45) is 0. The van der Waals surface area contributed by atoms with Crippen molar-refractivity contribution in [2.75, 3.05) is 0 Å². The molecule has 2 aromatic rings. The van der Waals surface area contributed by atoms with Gasteiger partial charge in [0.15, 0.2) is 34.9 Å². The Kier molecular flexibility index (Phi) is 4.65. The summed E-state index contributed by atoms with van der Waals surface area (Å²) in [4.78, 5) is -1.22. The highest BCUT2D eigenvalue weighted by molar-refractivity contribution is 7.99. The van der Waals surface area contributed by atoms with Crippen molar-refractivity contribution in [1.82, 2.24) is 0 Å². The van der Waals surface area contributed by atoms with Gasteiger partial charge in [0.05, 0.1) is 9.79 Å². The van der Waals surface area contributed by atoms with E-state index in [9.17, 15) is 26.3 Å². The first kappa shape index (κ1) is 16.3. The van der Waals surface area contributed by atoms with Crippen LogP contribution < -0.4 is 0 Å². The van der Waals surface area contributed by atoms with Gasteiger partial charge in [-0.25, -0.2) is 26.3 Å². The average Bonchev–Trinajstić information content (AvgIpc) is 2.45. The zero-order valence-corrected chi connectivity index (χ0v) is 11.9. The molecule has 0 saturated carbocycles. The summed E-state index contributed by atoms with van der Waals surface area (Å²) in [5.41, 5.74) is 0. The van der Waals surface area contributed by atoms with Crippen LogP contribution in [0.1, 0.15) is 0 Å². The van der Waals surface area contributed by atoms with Gasteiger partial charge in [-0.2, -0.15) is 0 Å². The Morgan fingerprint density at radius 1 is 0.619 bits per heavy atom. The summed E-state index contributed by atoms with van der Waals surface area (Å²) in [6.45, 7) is 0. The van der Waals surface area contributed by atoms with Crippen LogP contribution in [0.3, 0.4) is 0 Å². The second-order valence-corrected chi connectivity index (χ2v) is 5.54. The van der Waals surface area contributed by atoms with E-state index in [1.807, 2.05) is 0 Å². The molecule has 0 nitrogen and oxygen atoms in total. The van der Waals surface area contributed by atoms with E-state index in [0.717, 1.165) is 0 Å². The maximum Gasteiger partial charge on any atom is 0.180 e. The Bertz CT molecular complexity index is 673. The molecule has 0 fully saturated rings. The van der Waals surface area contributed by atoms with Crippen LogP contribution in [0.15, 0.2) is 21.9 Å². The highest BCUT2D eigenvalue weighted by Gasteiger charge is 2.22. The Hall–Kier alpha value is -1.05. The lowest BCUT2D eigenvalue weighted by molar-refractivity contribution is 0.484. The van der Waals surface area contributed by atoms with Crippen molar-refractivity contribution in [1.29, 1.82) is 0 Å². The highest BCUT2D eigenvalue weighted by atomic mass is 35.5. The van der Waals surface area contributed by atoms with Crippen molar-refractivity contribution >= 4 is 35.0 Å². The van der Waals surface area contributed by atoms with E-state index in [-0.39, 0.29) is 11.8 Å². The Morgan fingerprint density at radius 3 is 1.29 bits per heavy atom. The number of hydrogen-bond donors (Lipinski definition) is 0. The van der Waals surface area contributed by atoms with E-state index < -0.39 is 54.7 Å². The molecule has 0 spiro atoms. The van der Waals surface area contributed by atoms with Crippen molar-refractivity contribution in [3.63, 3.8) is 0 Å². The third kappa shape index (κ3) is 2.95. The summed E-state index contributed by atoms with van der Waals surface area (Å²) in [7, 11) is 0. The van der Waals surface area contributed by atoms with Crippen molar-refractivity contribution in [3.05, 3.63) is 57.1 Å². The molecular weight excluding hydrogens is 361 g/mol. The quantitative estimate of drug-likeness (QED) is 0.359. The van der Waals surface area contributed by atoms with E-state index in [1.165, 1.54) is 0 Å². The summed E-state index contributed by atoms with van der Waals surface area (Å²) in [6, 6.07) is 0.825. The number of halogens is 8. The smallest absolute Gasteiger partial charge is 0.180 e. The second-order valence-electron chi connectivity index (χ2n) is 3.70. The summed E-state index contributed by atoms with van der Waals surface area (Å²) in [5, 5.41) is -2.27. The molecule has 0 amide bonds. The van der Waals surface area contributed by atoms with E-state index in [4.69, 9.17) is 23.2 Å². The Morgan fingerprint density at radius 2 is 0.952 bits per heavy atom. The molecule has 0 radical (unpaired) electrons. The summed E-state index contributed by atoms with van der Waals surface area (Å²) < 4.78 is 79.6. The molecule has 0 saturated heterocycles. The van der Waals surface area contributed by atoms with Crippen LogP contribution >= 0.6 is 35.0 Å². The predicted octanol–water partition coefficient (Wildman–Crippen LogP) is 5.98. The van der Waals surface area contributed by atoms with Gasteiger partial charge in [0.2, 0.25) is 0 Å². The van der Waals surface area contributed by atoms with Crippen LogP contribution in [0.4, 0.5) is 26.3 Å². The third-order valence-corrected chi connectivity index (χ3v) is 4.06. The molecule has 9 heteroatoms. The lowest BCUT2D eigenvalue weighted by atomic mass is 10.3. The van der Waals surface area contributed by atoms with Gasteiger partial charge in [0.25, 0.3) is 0 Å². The van der Waals surface area contributed by atoms with Gasteiger partial charge in [0, 0.05) is 0 Å². The lowest BCUT2D eigenvalue weighted by Crippen LogP contribution is -1.96. The minimum atomic E-state index is -1.61. The molecule has 0 bridgehead atoms. The molecule has 0 heterocycles. The molecule has 0 atom stereocenters. The van der Waals surface area contributed by atoms with Crippen molar-refractivity contribution in [2.24, 2.45) is 0 Å². The fourth-order valence-corrected chi connectivity index (χ4v) is 2.81. The Labute approximate surface area is 128 Å². The highest BCUT2D eigenvalue weighted by Crippen LogP contribution is 2.38. The van der Waals surface area contributed by atoms with E-state index >= 15 is 0 Å². The van der Waals surface area contributed by atoms with Crippen LogP contribution in [0, 0.1) is 34.9 Å². The standard InChI is InChI=1S/C12H2Cl2F6S/c13-7-9(17)3(15)1-5(11(7)19)21-6-2-4(16)10(18)8(14)12(6)20/h1-2H. The summed E-state index contributed by atoms with van der Waals surface area (Å²) >= 11 is 10.6. The molecule has 0 aliphatic rings. The number of rotatable bonds is 2. The number of benzene rings is 2. The van der Waals surface area contributed by atoms with Gasteiger partial charge < -0.3 is 0 Å². The average molecular weight is 363 g/mol. The monoisotopic (exact) mass is 362 g/mol. The molecule has 0 N–H and O–H groups in total. The van der Waals surface area contributed by atoms with Gasteiger partial charge >= 0.3 is 0 Å². The van der Waals surface area contributed by atoms with Gasteiger partial charge in [-0.05, 0) is 12.1 Å². The van der Waals surface area contributed by atoms with Crippen LogP contribution in [0.25, 0.3) is 0 Å². The second kappa shape index (κ2) is 5.98. The lowest BCUT2D eigenvalue weighted by Gasteiger charge is -2.09. The topological polar surface area (TPSA) is 0 Å². The molecule has 112 valence electrons. The maximum atomic E-state index is 13.7. The zero-order chi connectivity index (χ0) is 15.9. The van der Waals surface area contributed by atoms with E-state index in [0.29, 0.717) is 12.1 Å². The molecule has 2 aromatic carbocycles. The van der Waals surface area contributed by atoms with Crippen molar-refractivity contribution in [3.8, 4) is 0 Å². The van der Waals surface area contributed by atoms with Gasteiger partial charge in [-0.15, -0.1) is 0 Å². The first-order valence-electron chi connectivity index (χ1n) is 5.07. The predicted molar refractivity (Wildman–Crippen MR) is 66.8 cm³/mol.